The van der Waals surface area contributed by atoms with Gasteiger partial charge in [-0.3, -0.25) is 14.2 Å². The van der Waals surface area contributed by atoms with E-state index < -0.39 is 0 Å². The van der Waals surface area contributed by atoms with E-state index in [0.717, 1.165) is 0 Å². The summed E-state index contributed by atoms with van der Waals surface area (Å²) >= 11 is 5.95. The van der Waals surface area contributed by atoms with Crippen molar-refractivity contribution >= 4 is 17.5 Å². The Bertz CT molecular complexity index is 1020. The molecule has 0 spiro atoms. The van der Waals surface area contributed by atoms with E-state index in [1.807, 2.05) is 0 Å². The van der Waals surface area contributed by atoms with Gasteiger partial charge in [0, 0.05) is 24.7 Å². The number of para-hydroxylation sites is 1. The molecule has 0 radical (unpaired) electrons. The summed E-state index contributed by atoms with van der Waals surface area (Å²) in [5.74, 6) is -0.258. The van der Waals surface area contributed by atoms with Gasteiger partial charge in [-0.1, -0.05) is 23.7 Å². The van der Waals surface area contributed by atoms with Crippen molar-refractivity contribution in [3.05, 3.63) is 82.1 Å². The number of nitrogens with zero attached hydrogens (tertiary/aromatic N) is 2. The summed E-state index contributed by atoms with van der Waals surface area (Å²) in [6.45, 7) is 0.315. The number of halogens is 2. The average Bonchev–Trinajstić information content (AvgIpc) is 2.69. The molecule has 3 aromatic rings. The number of ether oxygens (including phenoxy) is 1. The van der Waals surface area contributed by atoms with Gasteiger partial charge in [-0.15, -0.1) is 0 Å². The lowest BCUT2D eigenvalue weighted by Gasteiger charge is -2.10. The highest BCUT2D eigenvalue weighted by Crippen LogP contribution is 2.22. The molecule has 0 saturated heterocycles. The van der Waals surface area contributed by atoms with Crippen LogP contribution in [0.2, 0.25) is 5.02 Å². The number of carbonyl (C=O) groups is 1. The van der Waals surface area contributed by atoms with Crippen LogP contribution in [0.15, 0.2) is 65.7 Å². The molecule has 0 fully saturated rings. The molecule has 0 atom stereocenters. The summed E-state index contributed by atoms with van der Waals surface area (Å²) in [6.07, 6.45) is 1.40. The van der Waals surface area contributed by atoms with Crippen LogP contribution in [0.25, 0.3) is 11.3 Å². The molecule has 1 amide bonds. The van der Waals surface area contributed by atoms with Gasteiger partial charge in [-0.25, -0.2) is 9.37 Å². The minimum atomic E-state index is -0.355. The lowest BCUT2D eigenvalue weighted by Crippen LogP contribution is -2.33. The molecule has 1 N–H and O–H groups in total. The van der Waals surface area contributed by atoms with Crippen LogP contribution in [0, 0.1) is 5.82 Å². The lowest BCUT2D eigenvalue weighted by atomic mass is 10.1. The van der Waals surface area contributed by atoms with Crippen molar-refractivity contribution in [2.24, 2.45) is 0 Å². The first kappa shape index (κ1) is 19.6. The maximum Gasteiger partial charge on any atom is 0.258 e. The van der Waals surface area contributed by atoms with Gasteiger partial charge in [-0.2, -0.15) is 0 Å². The van der Waals surface area contributed by atoms with Gasteiger partial charge in [0.25, 0.3) is 11.5 Å². The lowest BCUT2D eigenvalue weighted by molar-refractivity contribution is -0.123. The fraction of sp³-hybridized carbons (Fsp3) is 0.150. The quantitative estimate of drug-likeness (QED) is 0.660. The van der Waals surface area contributed by atoms with E-state index in [-0.39, 0.29) is 37.0 Å². The van der Waals surface area contributed by atoms with E-state index in [2.05, 4.69) is 10.3 Å². The van der Waals surface area contributed by atoms with Crippen molar-refractivity contribution in [2.75, 3.05) is 13.2 Å². The predicted octanol–water partition coefficient (Wildman–Crippen LogP) is 2.90. The summed E-state index contributed by atoms with van der Waals surface area (Å²) in [5.41, 5.74) is 0.838. The molecule has 2 aromatic carbocycles. The molecule has 8 heteroatoms. The van der Waals surface area contributed by atoms with E-state index in [1.54, 1.807) is 36.4 Å². The number of benzene rings is 2. The molecule has 6 nitrogen and oxygen atoms in total. The van der Waals surface area contributed by atoms with Crippen molar-refractivity contribution in [1.82, 2.24) is 14.9 Å². The largest absolute Gasteiger partial charge is 0.482 e. The number of hydrogen-bond acceptors (Lipinski definition) is 4. The molecule has 1 aromatic heterocycles. The highest BCUT2D eigenvalue weighted by Gasteiger charge is 2.06. The van der Waals surface area contributed by atoms with Gasteiger partial charge in [0.1, 0.15) is 11.6 Å². The van der Waals surface area contributed by atoms with Gasteiger partial charge in [-0.05, 0) is 36.4 Å². The van der Waals surface area contributed by atoms with E-state index in [1.165, 1.54) is 29.1 Å². The molecule has 0 aliphatic heterocycles. The van der Waals surface area contributed by atoms with E-state index >= 15 is 0 Å². The number of carbonyl (C=O) groups excluding carboxylic acids is 1. The third kappa shape index (κ3) is 5.17. The summed E-state index contributed by atoms with van der Waals surface area (Å²) in [4.78, 5) is 28.3. The van der Waals surface area contributed by atoms with Crippen molar-refractivity contribution < 1.29 is 13.9 Å². The number of rotatable bonds is 7. The number of amides is 1. The number of hydrogen-bond donors (Lipinski definition) is 1. The van der Waals surface area contributed by atoms with Gasteiger partial charge < -0.3 is 10.1 Å². The maximum atomic E-state index is 13.0. The van der Waals surface area contributed by atoms with Crippen LogP contribution < -0.4 is 15.6 Å². The fourth-order valence-corrected chi connectivity index (χ4v) is 2.63. The van der Waals surface area contributed by atoms with Crippen LogP contribution in [0.3, 0.4) is 0 Å². The summed E-state index contributed by atoms with van der Waals surface area (Å²) in [7, 11) is 0. The van der Waals surface area contributed by atoms with Crippen molar-refractivity contribution in [1.29, 1.82) is 0 Å². The first-order valence-corrected chi connectivity index (χ1v) is 8.87. The zero-order chi connectivity index (χ0) is 19.9. The molecule has 0 aliphatic carbocycles. The Hall–Kier alpha value is -3.19. The molecular formula is C20H17ClFN3O3. The van der Waals surface area contributed by atoms with Crippen LogP contribution in [-0.4, -0.2) is 28.6 Å². The standard InChI is InChI=1S/C20H17ClFN3O3/c21-16-3-1-2-4-18(16)28-12-19(26)23-9-10-25-13-24-17(11-20(25)27)14-5-7-15(22)8-6-14/h1-8,11,13H,9-10,12H2,(H,23,26). The Morgan fingerprint density at radius 2 is 1.93 bits per heavy atom. The van der Waals surface area contributed by atoms with E-state index in [9.17, 15) is 14.0 Å². The van der Waals surface area contributed by atoms with Crippen LogP contribution in [0.4, 0.5) is 4.39 Å². The molecule has 3 rings (SSSR count). The molecule has 1 heterocycles. The van der Waals surface area contributed by atoms with Gasteiger partial charge in [0.15, 0.2) is 6.61 Å². The average molecular weight is 402 g/mol. The third-order valence-electron chi connectivity index (χ3n) is 3.89. The van der Waals surface area contributed by atoms with Crippen LogP contribution in [0.1, 0.15) is 0 Å². The van der Waals surface area contributed by atoms with Crippen molar-refractivity contribution in [2.45, 2.75) is 6.54 Å². The first-order valence-electron chi connectivity index (χ1n) is 8.49. The second-order valence-electron chi connectivity index (χ2n) is 5.88. The molecular weight excluding hydrogens is 385 g/mol. The Balaban J connectivity index is 1.50. The Kier molecular flexibility index (Phi) is 6.39. The minimum Gasteiger partial charge on any atom is -0.482 e. The minimum absolute atomic E-state index is 0.180. The topological polar surface area (TPSA) is 73.2 Å². The van der Waals surface area contributed by atoms with Crippen LogP contribution in [0.5, 0.6) is 5.75 Å². The summed E-state index contributed by atoms with van der Waals surface area (Å²) in [5, 5.41) is 3.09. The SMILES string of the molecule is O=C(COc1ccccc1Cl)NCCn1cnc(-c2ccc(F)cc2)cc1=O. The fourth-order valence-electron chi connectivity index (χ4n) is 2.44. The monoisotopic (exact) mass is 401 g/mol. The Morgan fingerprint density at radius 1 is 1.18 bits per heavy atom. The van der Waals surface area contributed by atoms with Crippen molar-refractivity contribution in [3.8, 4) is 17.0 Å². The van der Waals surface area contributed by atoms with Gasteiger partial charge in [0.2, 0.25) is 0 Å². The Labute approximate surface area is 165 Å². The van der Waals surface area contributed by atoms with Gasteiger partial charge in [0.05, 0.1) is 17.0 Å². The third-order valence-corrected chi connectivity index (χ3v) is 4.20. The Morgan fingerprint density at radius 3 is 2.64 bits per heavy atom. The maximum absolute atomic E-state index is 13.0. The molecule has 144 valence electrons. The second kappa shape index (κ2) is 9.14. The van der Waals surface area contributed by atoms with Gasteiger partial charge >= 0.3 is 0 Å². The zero-order valence-electron chi connectivity index (χ0n) is 14.8. The summed E-state index contributed by atoms with van der Waals surface area (Å²) < 4.78 is 19.7. The molecule has 28 heavy (non-hydrogen) atoms. The smallest absolute Gasteiger partial charge is 0.258 e. The van der Waals surface area contributed by atoms with Crippen molar-refractivity contribution in [3.63, 3.8) is 0 Å². The normalized spacial score (nSPS) is 10.5. The van der Waals surface area contributed by atoms with Crippen LogP contribution >= 0.6 is 11.6 Å². The number of nitrogens with one attached hydrogen (secondary N) is 1. The zero-order valence-corrected chi connectivity index (χ0v) is 15.5. The molecule has 0 unspecified atom stereocenters. The van der Waals surface area contributed by atoms with E-state index in [0.29, 0.717) is 22.0 Å². The highest BCUT2D eigenvalue weighted by molar-refractivity contribution is 6.32. The van der Waals surface area contributed by atoms with E-state index in [4.69, 9.17) is 16.3 Å². The predicted molar refractivity (Wildman–Crippen MR) is 104 cm³/mol. The molecule has 0 bridgehead atoms. The first-order chi connectivity index (χ1) is 13.5. The highest BCUT2D eigenvalue weighted by atomic mass is 35.5. The van der Waals surface area contributed by atoms with Crippen LogP contribution in [-0.2, 0) is 11.3 Å². The summed E-state index contributed by atoms with van der Waals surface area (Å²) in [6, 6.07) is 14.0. The number of aromatic nitrogens is 2. The molecule has 0 aliphatic rings. The molecule has 0 saturated carbocycles. The second-order valence-corrected chi connectivity index (χ2v) is 6.29.